The van der Waals surface area contributed by atoms with Crippen LogP contribution < -0.4 is 24.3 Å². The highest BCUT2D eigenvalue weighted by Crippen LogP contribution is 2.35. The summed E-state index contributed by atoms with van der Waals surface area (Å²) < 4.78 is 104. The second-order valence-corrected chi connectivity index (χ2v) is 17.4. The van der Waals surface area contributed by atoms with E-state index in [1.165, 1.54) is 35.8 Å². The molecule has 396 valence electrons. The Morgan fingerprint density at radius 2 is 1.20 bits per heavy atom. The fourth-order valence-corrected chi connectivity index (χ4v) is 8.43. The third kappa shape index (κ3) is 12.1. The monoisotopic (exact) mass is 1070 g/mol. The van der Waals surface area contributed by atoms with Gasteiger partial charge in [-0.3, -0.25) is 9.36 Å². The van der Waals surface area contributed by atoms with Crippen LogP contribution in [0.5, 0.6) is 23.3 Å². The molecule has 10 rings (SSSR count). The number of rotatable bonds is 10. The van der Waals surface area contributed by atoms with Gasteiger partial charge >= 0.3 is 23.9 Å². The van der Waals surface area contributed by atoms with Gasteiger partial charge in [0.05, 0.1) is 41.2 Å². The summed E-state index contributed by atoms with van der Waals surface area (Å²) in [6, 6.07) is 8.10. The Balaban J connectivity index is 0.000000167. The first-order chi connectivity index (χ1) is 35.7. The maximum Gasteiger partial charge on any atom is 0.416 e. The zero-order chi connectivity index (χ0) is 53.8. The van der Waals surface area contributed by atoms with Crippen LogP contribution in [0.3, 0.4) is 0 Å². The number of benzene rings is 2. The number of nitrogens with one attached hydrogen (secondary N) is 1. The van der Waals surface area contributed by atoms with E-state index in [1.54, 1.807) is 6.20 Å². The summed E-state index contributed by atoms with van der Waals surface area (Å²) in [7, 11) is 3.81. The third-order valence-electron chi connectivity index (χ3n) is 12.2. The largest absolute Gasteiger partial charge is 0.471 e. The molecule has 0 radical (unpaired) electrons. The highest BCUT2D eigenvalue weighted by molar-refractivity contribution is 6.61. The molecule has 2 fully saturated rings. The Morgan fingerprint density at radius 1 is 0.707 bits per heavy atom. The smallest absolute Gasteiger partial charge is 0.416 e. The molecule has 75 heavy (non-hydrogen) atoms. The molecule has 0 bridgehead atoms. The van der Waals surface area contributed by atoms with Gasteiger partial charge in [-0.2, -0.15) is 46.5 Å². The number of fused-ring (bicyclic) bond motifs is 2. The predicted octanol–water partition coefficient (Wildman–Crippen LogP) is 8.96. The van der Waals surface area contributed by atoms with Gasteiger partial charge in [0.25, 0.3) is 0 Å². The van der Waals surface area contributed by atoms with Gasteiger partial charge in [0.2, 0.25) is 11.8 Å². The molecule has 0 spiro atoms. The number of aromatic nitrogens is 12. The average molecular weight is 1070 g/mol. The van der Waals surface area contributed by atoms with Crippen molar-refractivity contribution in [1.29, 1.82) is 0 Å². The Morgan fingerprint density at radius 3 is 1.64 bits per heavy atom. The van der Waals surface area contributed by atoms with Crippen LogP contribution >= 0.6 is 11.6 Å². The van der Waals surface area contributed by atoms with Crippen molar-refractivity contribution < 1.29 is 54.9 Å². The number of hydrogen-bond acceptors (Lipinski definition) is 15. The Kier molecular flexibility index (Phi) is 15.9. The van der Waals surface area contributed by atoms with E-state index in [9.17, 15) is 35.9 Å². The van der Waals surface area contributed by atoms with Crippen LogP contribution in [0.25, 0.3) is 45.1 Å². The van der Waals surface area contributed by atoms with Crippen molar-refractivity contribution in [2.75, 3.05) is 26.2 Å². The summed E-state index contributed by atoms with van der Waals surface area (Å²) in [5.41, 5.74) is 3.51. The summed E-state index contributed by atoms with van der Waals surface area (Å²) >= 11 is 4.84. The third-order valence-corrected chi connectivity index (χ3v) is 12.3. The van der Waals surface area contributed by atoms with E-state index in [2.05, 4.69) is 54.0 Å². The Bertz CT molecular complexity index is 3330. The Hall–Kier alpha value is -7.87. The van der Waals surface area contributed by atoms with Gasteiger partial charge in [0.15, 0.2) is 22.3 Å². The Labute approximate surface area is 428 Å². The predicted molar refractivity (Wildman–Crippen MR) is 259 cm³/mol. The molecular weight excluding hydrogens is 1020 g/mol. The summed E-state index contributed by atoms with van der Waals surface area (Å²) in [4.78, 5) is 51.0. The fraction of sp³-hybridized carbons (Fsp3) is 0.375. The standard InChI is InChI=1S/C24H24F3N7O3.C16H21N7O.C8H4ClF3O2/c1-4-34-14(2)18(11-30-34)20-31-19-21(32(20)3)28-13-29-22(19)36-17-8-9-33(12-17)23(35)37-16-7-5-6-15(10-16)24(25,26)27;1-4-23-10(2)12(8-20-23)14-21-13-15(22(14)3)18-9-19-16(13)24-11-5-6-17-7-11;9-7(13)14-6-3-1-2-5(4-6)8(10,11)12/h5-7,10-11,13,17H,4,8-9,12H2,1-3H3;8-9,11,17H,4-7H2,1-3H3;1-4H. The molecule has 8 heterocycles. The molecule has 2 aliphatic heterocycles. The van der Waals surface area contributed by atoms with E-state index >= 15 is 0 Å². The molecule has 2 atom stereocenters. The summed E-state index contributed by atoms with van der Waals surface area (Å²) in [5, 5.41) is 12.1. The molecule has 20 nitrogen and oxygen atoms in total. The van der Waals surface area contributed by atoms with Crippen LogP contribution in [0.4, 0.5) is 35.9 Å². The lowest BCUT2D eigenvalue weighted by Crippen LogP contribution is -2.33. The number of carbonyl (C=O) groups excluding carboxylic acids is 2. The molecule has 1 N–H and O–H groups in total. The van der Waals surface area contributed by atoms with E-state index in [1.807, 2.05) is 52.6 Å². The van der Waals surface area contributed by atoms with Crippen molar-refractivity contribution in [3.8, 4) is 46.0 Å². The van der Waals surface area contributed by atoms with Crippen LogP contribution in [-0.2, 0) is 39.5 Å². The number of halogens is 7. The van der Waals surface area contributed by atoms with Crippen LogP contribution in [-0.4, -0.2) is 113 Å². The first-order valence-electron chi connectivity index (χ1n) is 23.4. The van der Waals surface area contributed by atoms with Crippen molar-refractivity contribution in [3.63, 3.8) is 0 Å². The van der Waals surface area contributed by atoms with Gasteiger partial charge in [-0.25, -0.2) is 29.5 Å². The molecule has 2 aromatic carbocycles. The van der Waals surface area contributed by atoms with E-state index < -0.39 is 41.1 Å². The molecule has 1 amide bonds. The molecule has 2 unspecified atom stereocenters. The zero-order valence-corrected chi connectivity index (χ0v) is 41.9. The van der Waals surface area contributed by atoms with Crippen LogP contribution in [0.15, 0.2) is 73.6 Å². The second kappa shape index (κ2) is 22.3. The molecule has 2 aliphatic rings. The maximum atomic E-state index is 12.9. The van der Waals surface area contributed by atoms with Crippen molar-refractivity contribution in [2.24, 2.45) is 14.1 Å². The minimum Gasteiger partial charge on any atom is -0.471 e. The number of carbonyl (C=O) groups is 2. The highest BCUT2D eigenvalue weighted by Gasteiger charge is 2.34. The fourth-order valence-electron chi connectivity index (χ4n) is 8.35. The minimum atomic E-state index is -4.53. The van der Waals surface area contributed by atoms with E-state index in [0.29, 0.717) is 47.4 Å². The van der Waals surface area contributed by atoms with Gasteiger partial charge < -0.3 is 38.3 Å². The maximum absolute atomic E-state index is 12.9. The molecule has 0 saturated carbocycles. The van der Waals surface area contributed by atoms with Crippen molar-refractivity contribution in [2.45, 2.75) is 78.2 Å². The van der Waals surface area contributed by atoms with Gasteiger partial charge in [0, 0.05) is 69.7 Å². The van der Waals surface area contributed by atoms with Crippen molar-refractivity contribution in [1.82, 2.24) is 68.8 Å². The zero-order valence-electron chi connectivity index (χ0n) is 41.1. The van der Waals surface area contributed by atoms with E-state index in [-0.39, 0.29) is 30.0 Å². The number of aryl methyl sites for hydroxylation is 4. The normalized spacial score (nSPS) is 15.6. The molecule has 27 heteroatoms. The minimum absolute atomic E-state index is 0.137. The van der Waals surface area contributed by atoms with Crippen molar-refractivity contribution >= 4 is 45.5 Å². The number of hydrogen-bond donors (Lipinski definition) is 1. The van der Waals surface area contributed by atoms with Crippen molar-refractivity contribution in [3.05, 3.63) is 96.1 Å². The summed E-state index contributed by atoms with van der Waals surface area (Å²) in [6.45, 7) is 12.0. The molecule has 6 aromatic heterocycles. The first-order valence-corrected chi connectivity index (χ1v) is 23.7. The lowest BCUT2D eigenvalue weighted by atomic mass is 10.2. The first kappa shape index (κ1) is 53.4. The lowest BCUT2D eigenvalue weighted by molar-refractivity contribution is -0.138. The van der Waals surface area contributed by atoms with Gasteiger partial charge in [-0.05, 0) is 77.1 Å². The molecule has 0 aliphatic carbocycles. The van der Waals surface area contributed by atoms with Gasteiger partial charge in [0.1, 0.15) is 48.0 Å². The summed E-state index contributed by atoms with van der Waals surface area (Å²) in [6.07, 6.45) is -1.99. The van der Waals surface area contributed by atoms with Crippen LogP contribution in [0.1, 0.15) is 49.2 Å². The average Bonchev–Trinajstić information content (AvgIpc) is 4.27. The van der Waals surface area contributed by atoms with Gasteiger partial charge in [-0.1, -0.05) is 12.1 Å². The van der Waals surface area contributed by atoms with E-state index in [4.69, 9.17) is 35.8 Å². The van der Waals surface area contributed by atoms with Crippen LogP contribution in [0, 0.1) is 13.8 Å². The molecule has 8 aromatic rings. The van der Waals surface area contributed by atoms with Crippen LogP contribution in [0.2, 0.25) is 0 Å². The molecule has 2 saturated heterocycles. The molecular formula is C48H49ClF6N14O6. The van der Waals surface area contributed by atoms with Gasteiger partial charge in [-0.15, -0.1) is 0 Å². The topological polar surface area (TPSA) is 209 Å². The number of alkyl halides is 6. The number of likely N-dealkylation sites (tertiary alicyclic amines) is 1. The summed E-state index contributed by atoms with van der Waals surface area (Å²) in [5.74, 6) is 1.93. The number of nitrogens with zero attached hydrogens (tertiary/aromatic N) is 13. The second-order valence-electron chi connectivity index (χ2n) is 17.1. The SMILES string of the molecule is CCn1ncc(-c2nc3c(OC4CCN(C(=O)Oc5cccc(C(F)(F)F)c5)C4)ncnc3n2C)c1C.CCn1ncc(-c2nc3c(OC4CCNC4)ncnc3n2C)c1C.O=C(Cl)Oc1cccc(C(F)(F)F)c1. The lowest BCUT2D eigenvalue weighted by Gasteiger charge is -2.17. The quantitative estimate of drug-likeness (QED) is 0.100. The van der Waals surface area contributed by atoms with E-state index in [0.717, 1.165) is 90.9 Å². The number of imidazole rings is 2. The number of amides is 1. The highest BCUT2D eigenvalue weighted by atomic mass is 35.5. The number of ether oxygens (including phenoxy) is 4.